The number of ether oxygens (including phenoxy) is 2. The predicted molar refractivity (Wildman–Crippen MR) is 89.7 cm³/mol. The van der Waals surface area contributed by atoms with Crippen molar-refractivity contribution < 1.29 is 14.3 Å². The number of methoxy groups -OCH3 is 1. The van der Waals surface area contributed by atoms with Gasteiger partial charge in [-0.15, -0.1) is 0 Å². The molecule has 3 nitrogen and oxygen atoms in total. The first kappa shape index (κ1) is 14.9. The van der Waals surface area contributed by atoms with Gasteiger partial charge in [0.1, 0.15) is 11.5 Å². The zero-order chi connectivity index (χ0) is 15.5. The Bertz CT molecular complexity index is 750. The summed E-state index contributed by atoms with van der Waals surface area (Å²) in [7, 11) is 1.61. The van der Waals surface area contributed by atoms with Crippen molar-refractivity contribution in [3.05, 3.63) is 63.6 Å². The molecule has 22 heavy (non-hydrogen) atoms. The maximum atomic E-state index is 12.3. The summed E-state index contributed by atoms with van der Waals surface area (Å²) < 4.78 is 11.7. The Kier molecular flexibility index (Phi) is 4.29. The van der Waals surface area contributed by atoms with Crippen LogP contribution in [0.4, 0.5) is 0 Å². The standard InChI is InChI=1S/C18H15BrO3/c1-21-17-7-4-15(19)11-13(17)2-5-16(20)12-3-6-18-14(10-12)8-9-22-18/h2-7,10-11H,8-9H2,1H3/b5-2+. The van der Waals surface area contributed by atoms with Crippen molar-refractivity contribution in [2.24, 2.45) is 0 Å². The van der Waals surface area contributed by atoms with Gasteiger partial charge in [0, 0.05) is 22.0 Å². The highest BCUT2D eigenvalue weighted by Gasteiger charge is 2.14. The minimum Gasteiger partial charge on any atom is -0.496 e. The maximum absolute atomic E-state index is 12.3. The van der Waals surface area contributed by atoms with E-state index in [0.29, 0.717) is 12.2 Å². The van der Waals surface area contributed by atoms with Gasteiger partial charge in [0.2, 0.25) is 0 Å². The van der Waals surface area contributed by atoms with E-state index in [2.05, 4.69) is 15.9 Å². The predicted octanol–water partition coefficient (Wildman–Crippen LogP) is 4.29. The monoisotopic (exact) mass is 358 g/mol. The van der Waals surface area contributed by atoms with Crippen LogP contribution < -0.4 is 9.47 Å². The summed E-state index contributed by atoms with van der Waals surface area (Å²) in [5, 5.41) is 0. The lowest BCUT2D eigenvalue weighted by atomic mass is 10.0. The molecule has 1 aliphatic rings. The second kappa shape index (κ2) is 6.36. The van der Waals surface area contributed by atoms with Crippen LogP contribution in [0, 0.1) is 0 Å². The van der Waals surface area contributed by atoms with E-state index < -0.39 is 0 Å². The number of hydrogen-bond donors (Lipinski definition) is 0. The highest BCUT2D eigenvalue weighted by atomic mass is 79.9. The molecule has 0 radical (unpaired) electrons. The number of carbonyl (C=O) groups excluding carboxylic acids is 1. The van der Waals surface area contributed by atoms with Gasteiger partial charge in [-0.05, 0) is 54.1 Å². The Morgan fingerprint density at radius 1 is 1.27 bits per heavy atom. The molecule has 0 bridgehead atoms. The molecule has 1 aliphatic heterocycles. The third-order valence-electron chi connectivity index (χ3n) is 3.58. The number of allylic oxidation sites excluding steroid dienone is 1. The van der Waals surface area contributed by atoms with E-state index in [0.717, 1.165) is 33.5 Å². The first-order chi connectivity index (χ1) is 10.7. The van der Waals surface area contributed by atoms with Crippen LogP contribution in [0.2, 0.25) is 0 Å². The highest BCUT2D eigenvalue weighted by Crippen LogP contribution is 2.27. The molecule has 0 aliphatic carbocycles. The normalized spacial score (nSPS) is 13.0. The summed E-state index contributed by atoms with van der Waals surface area (Å²) in [6, 6.07) is 11.3. The lowest BCUT2D eigenvalue weighted by Crippen LogP contribution is -1.95. The summed E-state index contributed by atoms with van der Waals surface area (Å²) >= 11 is 3.42. The largest absolute Gasteiger partial charge is 0.496 e. The van der Waals surface area contributed by atoms with Crippen molar-refractivity contribution in [1.82, 2.24) is 0 Å². The molecular formula is C18H15BrO3. The fraction of sp³-hybridized carbons (Fsp3) is 0.167. The molecule has 2 aromatic carbocycles. The molecular weight excluding hydrogens is 344 g/mol. The summed E-state index contributed by atoms with van der Waals surface area (Å²) in [6.45, 7) is 0.693. The van der Waals surface area contributed by atoms with Crippen molar-refractivity contribution in [3.63, 3.8) is 0 Å². The molecule has 0 fully saturated rings. The lowest BCUT2D eigenvalue weighted by Gasteiger charge is -2.05. The molecule has 0 unspecified atom stereocenters. The minimum atomic E-state index is -0.0308. The van der Waals surface area contributed by atoms with Gasteiger partial charge in [0.15, 0.2) is 5.78 Å². The van der Waals surface area contributed by atoms with E-state index in [4.69, 9.17) is 9.47 Å². The second-order valence-electron chi connectivity index (χ2n) is 5.00. The minimum absolute atomic E-state index is 0.0308. The third kappa shape index (κ3) is 3.07. The van der Waals surface area contributed by atoms with Gasteiger partial charge >= 0.3 is 0 Å². The van der Waals surface area contributed by atoms with Crippen LogP contribution in [-0.2, 0) is 6.42 Å². The Morgan fingerprint density at radius 3 is 2.95 bits per heavy atom. The molecule has 1 heterocycles. The first-order valence-corrected chi connectivity index (χ1v) is 7.78. The van der Waals surface area contributed by atoms with Crippen LogP contribution >= 0.6 is 15.9 Å². The van der Waals surface area contributed by atoms with Crippen LogP contribution in [0.5, 0.6) is 11.5 Å². The Labute approximate surface area is 137 Å². The summed E-state index contributed by atoms with van der Waals surface area (Å²) in [5.41, 5.74) is 2.63. The second-order valence-corrected chi connectivity index (χ2v) is 5.92. The molecule has 0 atom stereocenters. The molecule has 0 spiro atoms. The molecule has 0 N–H and O–H groups in total. The molecule has 0 saturated carbocycles. The van der Waals surface area contributed by atoms with Gasteiger partial charge in [-0.25, -0.2) is 0 Å². The smallest absolute Gasteiger partial charge is 0.185 e. The zero-order valence-corrected chi connectivity index (χ0v) is 13.7. The van der Waals surface area contributed by atoms with Crippen LogP contribution in [0.25, 0.3) is 6.08 Å². The Balaban J connectivity index is 1.83. The van der Waals surface area contributed by atoms with Crippen molar-refractivity contribution >= 4 is 27.8 Å². The molecule has 0 aromatic heterocycles. The van der Waals surface area contributed by atoms with E-state index in [1.54, 1.807) is 25.3 Å². The fourth-order valence-corrected chi connectivity index (χ4v) is 2.82. The molecule has 0 amide bonds. The van der Waals surface area contributed by atoms with Crippen molar-refractivity contribution in [2.45, 2.75) is 6.42 Å². The molecule has 3 rings (SSSR count). The van der Waals surface area contributed by atoms with E-state index in [-0.39, 0.29) is 5.78 Å². The van der Waals surface area contributed by atoms with E-state index in [1.165, 1.54) is 0 Å². The van der Waals surface area contributed by atoms with E-state index in [9.17, 15) is 4.79 Å². The number of carbonyl (C=O) groups is 1. The Morgan fingerprint density at radius 2 is 2.14 bits per heavy atom. The number of halogens is 1. The van der Waals surface area contributed by atoms with Crippen LogP contribution in [0.3, 0.4) is 0 Å². The van der Waals surface area contributed by atoms with Crippen molar-refractivity contribution in [1.29, 1.82) is 0 Å². The average molecular weight is 359 g/mol. The molecule has 4 heteroatoms. The zero-order valence-electron chi connectivity index (χ0n) is 12.1. The Hall–Kier alpha value is -2.07. The van der Waals surface area contributed by atoms with Crippen molar-refractivity contribution in [2.75, 3.05) is 13.7 Å². The topological polar surface area (TPSA) is 35.5 Å². The first-order valence-electron chi connectivity index (χ1n) is 6.99. The number of hydrogen-bond acceptors (Lipinski definition) is 3. The molecule has 0 saturated heterocycles. The van der Waals surface area contributed by atoms with Gasteiger partial charge in [-0.2, -0.15) is 0 Å². The molecule has 2 aromatic rings. The average Bonchev–Trinajstić information content (AvgIpc) is 3.00. The van der Waals surface area contributed by atoms with Gasteiger partial charge in [-0.3, -0.25) is 4.79 Å². The quantitative estimate of drug-likeness (QED) is 0.604. The number of benzene rings is 2. The van der Waals surface area contributed by atoms with E-state index >= 15 is 0 Å². The molecule has 112 valence electrons. The SMILES string of the molecule is COc1ccc(Br)cc1/C=C/C(=O)c1ccc2c(c1)CCO2. The van der Waals surface area contributed by atoms with Crippen molar-refractivity contribution in [3.8, 4) is 11.5 Å². The van der Waals surface area contributed by atoms with Crippen LogP contribution in [0.1, 0.15) is 21.5 Å². The van der Waals surface area contributed by atoms with E-state index in [1.807, 2.05) is 30.3 Å². The number of fused-ring (bicyclic) bond motifs is 1. The number of rotatable bonds is 4. The number of ketones is 1. The summed E-state index contributed by atoms with van der Waals surface area (Å²) in [5.74, 6) is 1.58. The highest BCUT2D eigenvalue weighted by molar-refractivity contribution is 9.10. The van der Waals surface area contributed by atoms with Crippen LogP contribution in [0.15, 0.2) is 46.9 Å². The third-order valence-corrected chi connectivity index (χ3v) is 4.07. The maximum Gasteiger partial charge on any atom is 0.185 e. The van der Waals surface area contributed by atoms with Crippen LogP contribution in [-0.4, -0.2) is 19.5 Å². The van der Waals surface area contributed by atoms with Gasteiger partial charge in [0.25, 0.3) is 0 Å². The fourth-order valence-electron chi connectivity index (χ4n) is 2.44. The summed E-state index contributed by atoms with van der Waals surface area (Å²) in [6.07, 6.45) is 4.21. The van der Waals surface area contributed by atoms with Gasteiger partial charge in [0.05, 0.1) is 13.7 Å². The van der Waals surface area contributed by atoms with Gasteiger partial charge < -0.3 is 9.47 Å². The van der Waals surface area contributed by atoms with Gasteiger partial charge in [-0.1, -0.05) is 15.9 Å². The lowest BCUT2D eigenvalue weighted by molar-refractivity contribution is 0.104. The summed E-state index contributed by atoms with van der Waals surface area (Å²) in [4.78, 5) is 12.3.